The lowest BCUT2D eigenvalue weighted by Gasteiger charge is -2.27. The van der Waals surface area contributed by atoms with E-state index in [9.17, 15) is 27.6 Å². The molecule has 1 aromatic rings. The summed E-state index contributed by atoms with van der Waals surface area (Å²) in [5, 5.41) is 7.32. The van der Waals surface area contributed by atoms with Crippen molar-refractivity contribution in [2.45, 2.75) is 64.2 Å². The lowest BCUT2D eigenvalue weighted by atomic mass is 9.96. The number of anilines is 1. The molecule has 0 aromatic heterocycles. The van der Waals surface area contributed by atoms with Gasteiger partial charge in [0.15, 0.2) is 0 Å². The molecule has 1 aliphatic rings. The first kappa shape index (κ1) is 24.6. The van der Waals surface area contributed by atoms with E-state index in [1.54, 1.807) is 6.92 Å². The van der Waals surface area contributed by atoms with Crippen molar-refractivity contribution in [1.29, 1.82) is 0 Å². The van der Waals surface area contributed by atoms with Crippen molar-refractivity contribution in [3.8, 4) is 0 Å². The van der Waals surface area contributed by atoms with Crippen molar-refractivity contribution in [1.82, 2.24) is 15.5 Å². The largest absolute Gasteiger partial charge is 0.418 e. The average molecular weight is 442 g/mol. The molecule has 1 atom stereocenters. The van der Waals surface area contributed by atoms with E-state index in [4.69, 9.17) is 0 Å². The zero-order valence-corrected chi connectivity index (χ0v) is 17.7. The Morgan fingerprint density at radius 1 is 1.13 bits per heavy atom. The SMILES string of the molecule is CCN(CC(=O)Nc1ccccc1C(F)(F)F)C(C)C(=O)NC(=O)NC1CCCCC1. The maximum Gasteiger partial charge on any atom is 0.418 e. The molecule has 2 rings (SSSR count). The molecule has 1 fully saturated rings. The number of likely N-dealkylation sites (N-methyl/N-ethyl adjacent to an activating group) is 1. The molecule has 0 spiro atoms. The summed E-state index contributed by atoms with van der Waals surface area (Å²) in [7, 11) is 0. The smallest absolute Gasteiger partial charge is 0.335 e. The van der Waals surface area contributed by atoms with Gasteiger partial charge in [0.2, 0.25) is 11.8 Å². The third-order valence-electron chi connectivity index (χ3n) is 5.36. The van der Waals surface area contributed by atoms with E-state index in [1.165, 1.54) is 30.0 Å². The fourth-order valence-electron chi connectivity index (χ4n) is 3.59. The number of rotatable bonds is 7. The summed E-state index contributed by atoms with van der Waals surface area (Å²) in [5.41, 5.74) is -1.29. The highest BCUT2D eigenvalue weighted by Crippen LogP contribution is 2.34. The molecule has 0 heterocycles. The number of hydrogen-bond acceptors (Lipinski definition) is 4. The van der Waals surface area contributed by atoms with Gasteiger partial charge >= 0.3 is 12.2 Å². The number of hydrogen-bond donors (Lipinski definition) is 3. The standard InChI is InChI=1S/C21H29F3N4O3/c1-3-28(13-18(29)26-17-12-8-7-11-16(17)21(22,23)24)14(2)19(30)27-20(31)25-15-9-5-4-6-10-15/h7-8,11-12,14-15H,3-6,9-10,13H2,1-2H3,(H,26,29)(H2,25,27,30,31). The van der Waals surface area contributed by atoms with Crippen LogP contribution in [0.2, 0.25) is 0 Å². The molecule has 0 radical (unpaired) electrons. The summed E-state index contributed by atoms with van der Waals surface area (Å²) < 4.78 is 39.3. The van der Waals surface area contributed by atoms with Gasteiger partial charge in [0.1, 0.15) is 0 Å². The quantitative estimate of drug-likeness (QED) is 0.603. The molecule has 0 saturated heterocycles. The summed E-state index contributed by atoms with van der Waals surface area (Å²) >= 11 is 0. The normalized spacial score (nSPS) is 15.9. The monoisotopic (exact) mass is 442 g/mol. The molecular weight excluding hydrogens is 413 g/mol. The Hall–Kier alpha value is -2.62. The minimum absolute atomic E-state index is 0.0404. The highest BCUT2D eigenvalue weighted by molar-refractivity contribution is 5.98. The second-order valence-electron chi connectivity index (χ2n) is 7.63. The molecule has 1 unspecified atom stereocenters. The number of imide groups is 1. The van der Waals surface area contributed by atoms with Crippen LogP contribution in [0.4, 0.5) is 23.7 Å². The van der Waals surface area contributed by atoms with Crippen molar-refractivity contribution < 1.29 is 27.6 Å². The Bertz CT molecular complexity index is 779. The molecule has 172 valence electrons. The molecular formula is C21H29F3N4O3. The molecule has 10 heteroatoms. The van der Waals surface area contributed by atoms with Crippen LogP contribution in [0.5, 0.6) is 0 Å². The van der Waals surface area contributed by atoms with Crippen LogP contribution in [0, 0.1) is 0 Å². The van der Waals surface area contributed by atoms with Gasteiger partial charge < -0.3 is 10.6 Å². The maximum atomic E-state index is 13.1. The second-order valence-corrected chi connectivity index (χ2v) is 7.63. The van der Waals surface area contributed by atoms with Crippen LogP contribution in [0.25, 0.3) is 0 Å². The van der Waals surface area contributed by atoms with E-state index in [1.807, 2.05) is 0 Å². The minimum Gasteiger partial charge on any atom is -0.335 e. The van der Waals surface area contributed by atoms with E-state index in [0.29, 0.717) is 0 Å². The number of alkyl halides is 3. The fourth-order valence-corrected chi connectivity index (χ4v) is 3.59. The van der Waals surface area contributed by atoms with Gasteiger partial charge in [0.05, 0.1) is 23.8 Å². The Morgan fingerprint density at radius 2 is 1.77 bits per heavy atom. The van der Waals surface area contributed by atoms with Crippen LogP contribution in [-0.4, -0.2) is 47.9 Å². The predicted molar refractivity (Wildman–Crippen MR) is 110 cm³/mol. The summed E-state index contributed by atoms with van der Waals surface area (Å²) in [6.45, 7) is 3.22. The molecule has 7 nitrogen and oxygen atoms in total. The van der Waals surface area contributed by atoms with Crippen molar-refractivity contribution in [2.75, 3.05) is 18.4 Å². The first-order chi connectivity index (χ1) is 14.6. The van der Waals surface area contributed by atoms with Crippen molar-refractivity contribution >= 4 is 23.5 Å². The van der Waals surface area contributed by atoms with Gasteiger partial charge in [-0.3, -0.25) is 19.8 Å². The van der Waals surface area contributed by atoms with Gasteiger partial charge in [-0.25, -0.2) is 4.79 Å². The zero-order valence-electron chi connectivity index (χ0n) is 17.7. The number of amides is 4. The van der Waals surface area contributed by atoms with Crippen LogP contribution >= 0.6 is 0 Å². The van der Waals surface area contributed by atoms with E-state index < -0.39 is 35.6 Å². The minimum atomic E-state index is -4.60. The third kappa shape index (κ3) is 7.54. The molecule has 1 aliphatic carbocycles. The number of carbonyl (C=O) groups excluding carboxylic acids is 3. The highest BCUT2D eigenvalue weighted by Gasteiger charge is 2.34. The molecule has 3 N–H and O–H groups in total. The first-order valence-corrected chi connectivity index (χ1v) is 10.4. The van der Waals surface area contributed by atoms with Gasteiger partial charge in [0, 0.05) is 6.04 Å². The Labute approximate surface area is 179 Å². The number of nitrogens with zero attached hydrogens (tertiary/aromatic N) is 1. The number of benzene rings is 1. The topological polar surface area (TPSA) is 90.5 Å². The lowest BCUT2D eigenvalue weighted by molar-refractivity contribution is -0.137. The number of halogens is 3. The summed E-state index contributed by atoms with van der Waals surface area (Å²) in [4.78, 5) is 38.3. The van der Waals surface area contributed by atoms with Gasteiger partial charge in [-0.05, 0) is 38.4 Å². The molecule has 0 aliphatic heterocycles. The average Bonchev–Trinajstić information content (AvgIpc) is 2.71. The van der Waals surface area contributed by atoms with Crippen molar-refractivity contribution in [3.63, 3.8) is 0 Å². The highest BCUT2D eigenvalue weighted by atomic mass is 19.4. The third-order valence-corrected chi connectivity index (χ3v) is 5.36. The van der Waals surface area contributed by atoms with Gasteiger partial charge in [-0.1, -0.05) is 38.3 Å². The van der Waals surface area contributed by atoms with Crippen molar-refractivity contribution in [2.24, 2.45) is 0 Å². The first-order valence-electron chi connectivity index (χ1n) is 10.4. The van der Waals surface area contributed by atoms with E-state index in [0.717, 1.165) is 38.2 Å². The van der Waals surface area contributed by atoms with Gasteiger partial charge in [-0.2, -0.15) is 13.2 Å². The Kier molecular flexibility index (Phi) is 8.85. The van der Waals surface area contributed by atoms with E-state index in [-0.39, 0.29) is 24.8 Å². The molecule has 4 amide bonds. The van der Waals surface area contributed by atoms with Crippen LogP contribution in [0.1, 0.15) is 51.5 Å². The van der Waals surface area contributed by atoms with Gasteiger partial charge in [0.25, 0.3) is 0 Å². The van der Waals surface area contributed by atoms with Crippen LogP contribution in [-0.2, 0) is 15.8 Å². The van der Waals surface area contributed by atoms with Crippen molar-refractivity contribution in [3.05, 3.63) is 29.8 Å². The van der Waals surface area contributed by atoms with Gasteiger partial charge in [-0.15, -0.1) is 0 Å². The summed E-state index contributed by atoms with van der Waals surface area (Å²) in [5.74, 6) is -1.27. The van der Waals surface area contributed by atoms with Crippen LogP contribution in [0.3, 0.4) is 0 Å². The molecule has 0 bridgehead atoms. The Morgan fingerprint density at radius 3 is 2.39 bits per heavy atom. The van der Waals surface area contributed by atoms with E-state index >= 15 is 0 Å². The van der Waals surface area contributed by atoms with Crippen LogP contribution < -0.4 is 16.0 Å². The van der Waals surface area contributed by atoms with E-state index in [2.05, 4.69) is 16.0 Å². The molecule has 1 saturated carbocycles. The number of para-hydroxylation sites is 1. The lowest BCUT2D eigenvalue weighted by Crippen LogP contribution is -2.52. The predicted octanol–water partition coefficient (Wildman–Crippen LogP) is 3.51. The fraction of sp³-hybridized carbons (Fsp3) is 0.571. The maximum absolute atomic E-state index is 13.1. The summed E-state index contributed by atoms with van der Waals surface area (Å²) in [6, 6.07) is 3.31. The summed E-state index contributed by atoms with van der Waals surface area (Å²) in [6.07, 6.45) is 0.344. The number of carbonyl (C=O) groups is 3. The second kappa shape index (κ2) is 11.1. The zero-order chi connectivity index (χ0) is 23.0. The molecule has 1 aromatic carbocycles. The Balaban J connectivity index is 1.91. The van der Waals surface area contributed by atoms with Crippen LogP contribution in [0.15, 0.2) is 24.3 Å². The number of urea groups is 1. The molecule has 31 heavy (non-hydrogen) atoms. The number of nitrogens with one attached hydrogen (secondary N) is 3.